The molecule has 0 aliphatic carbocycles. The highest BCUT2D eigenvalue weighted by Crippen LogP contribution is 2.22. The largest absolute Gasteiger partial charge is 0.384 e. The Balaban J connectivity index is 2.58. The van der Waals surface area contributed by atoms with E-state index in [1.54, 1.807) is 12.3 Å². The molecule has 0 radical (unpaired) electrons. The summed E-state index contributed by atoms with van der Waals surface area (Å²) in [6, 6.07) is 11.2. The predicted octanol–water partition coefficient (Wildman–Crippen LogP) is 2.14. The lowest BCUT2D eigenvalue weighted by atomic mass is 10.0. The van der Waals surface area contributed by atoms with Crippen LogP contribution >= 0.6 is 0 Å². The second-order valence-corrected chi connectivity index (χ2v) is 3.18. The van der Waals surface area contributed by atoms with Crippen LogP contribution in [0.25, 0.3) is 11.1 Å². The van der Waals surface area contributed by atoms with Crippen LogP contribution in [0.2, 0.25) is 0 Å². The van der Waals surface area contributed by atoms with Gasteiger partial charge < -0.3 is 5.73 Å². The maximum absolute atomic E-state index is 10.9. The molecule has 2 N–H and O–H groups in total. The van der Waals surface area contributed by atoms with Gasteiger partial charge in [0.05, 0.1) is 0 Å². The first-order valence-electron chi connectivity index (χ1n) is 4.57. The van der Waals surface area contributed by atoms with E-state index < -0.39 is 0 Å². The number of nitrogen functional groups attached to an aromatic ring is 1. The van der Waals surface area contributed by atoms with Gasteiger partial charge in [-0.3, -0.25) is 4.79 Å². The smallest absolute Gasteiger partial charge is 0.150 e. The molecule has 2 rings (SSSR count). The molecule has 15 heavy (non-hydrogen) atoms. The highest BCUT2D eigenvalue weighted by Gasteiger charge is 2.04. The molecule has 0 saturated heterocycles. The Kier molecular flexibility index (Phi) is 2.46. The van der Waals surface area contributed by atoms with Crippen LogP contribution in [0.3, 0.4) is 0 Å². The normalized spacial score (nSPS) is 9.87. The SMILES string of the molecule is Nc1cc(C=O)c(-c2ccccc2)cn1. The molecule has 0 spiro atoms. The maximum atomic E-state index is 10.9. The van der Waals surface area contributed by atoms with Gasteiger partial charge in [-0.05, 0) is 11.6 Å². The van der Waals surface area contributed by atoms with E-state index >= 15 is 0 Å². The van der Waals surface area contributed by atoms with Crippen LogP contribution in [-0.2, 0) is 0 Å². The fourth-order valence-electron chi connectivity index (χ4n) is 1.44. The molecular formula is C12H10N2O. The summed E-state index contributed by atoms with van der Waals surface area (Å²) in [6.07, 6.45) is 2.41. The Morgan fingerprint density at radius 2 is 1.93 bits per heavy atom. The molecule has 0 fully saturated rings. The molecule has 0 bridgehead atoms. The molecule has 3 heteroatoms. The molecule has 0 saturated carbocycles. The van der Waals surface area contributed by atoms with Crippen LogP contribution in [0.5, 0.6) is 0 Å². The number of anilines is 1. The quantitative estimate of drug-likeness (QED) is 0.752. The number of pyridine rings is 1. The predicted molar refractivity (Wildman–Crippen MR) is 59.5 cm³/mol. The van der Waals surface area contributed by atoms with E-state index in [0.717, 1.165) is 17.4 Å². The molecule has 74 valence electrons. The third-order valence-corrected chi connectivity index (χ3v) is 2.17. The number of carbonyl (C=O) groups excluding carboxylic acids is 1. The summed E-state index contributed by atoms with van der Waals surface area (Å²) in [5.74, 6) is 0.358. The van der Waals surface area contributed by atoms with Gasteiger partial charge in [-0.15, -0.1) is 0 Å². The third-order valence-electron chi connectivity index (χ3n) is 2.17. The molecule has 0 aliphatic rings. The van der Waals surface area contributed by atoms with Crippen LogP contribution in [-0.4, -0.2) is 11.3 Å². The third kappa shape index (κ3) is 1.86. The summed E-state index contributed by atoms with van der Waals surface area (Å²) in [4.78, 5) is 14.9. The number of aldehydes is 1. The number of benzene rings is 1. The van der Waals surface area contributed by atoms with Crippen molar-refractivity contribution in [2.45, 2.75) is 0 Å². The number of rotatable bonds is 2. The number of carbonyl (C=O) groups is 1. The first-order chi connectivity index (χ1) is 7.31. The van der Waals surface area contributed by atoms with Crippen molar-refractivity contribution in [3.05, 3.63) is 48.2 Å². The van der Waals surface area contributed by atoms with Crippen LogP contribution in [0.4, 0.5) is 5.82 Å². The molecular weight excluding hydrogens is 188 g/mol. The molecule has 1 aromatic heterocycles. The number of aromatic nitrogens is 1. The van der Waals surface area contributed by atoms with E-state index in [9.17, 15) is 4.79 Å². The van der Waals surface area contributed by atoms with Crippen LogP contribution in [0, 0.1) is 0 Å². The molecule has 3 nitrogen and oxygen atoms in total. The molecule has 2 aromatic rings. The molecule has 0 unspecified atom stereocenters. The average molecular weight is 198 g/mol. The summed E-state index contributed by atoms with van der Waals surface area (Å²) in [5, 5.41) is 0. The number of hydrogen-bond donors (Lipinski definition) is 1. The highest BCUT2D eigenvalue weighted by atomic mass is 16.1. The first-order valence-corrected chi connectivity index (χ1v) is 4.57. The summed E-state index contributed by atoms with van der Waals surface area (Å²) < 4.78 is 0. The summed E-state index contributed by atoms with van der Waals surface area (Å²) in [5.41, 5.74) is 7.85. The van der Waals surface area contributed by atoms with Crippen molar-refractivity contribution < 1.29 is 4.79 Å². The Morgan fingerprint density at radius 1 is 1.20 bits per heavy atom. The second kappa shape index (κ2) is 3.92. The average Bonchev–Trinajstić information content (AvgIpc) is 2.30. The minimum atomic E-state index is 0.358. The minimum absolute atomic E-state index is 0.358. The lowest BCUT2D eigenvalue weighted by Crippen LogP contribution is -1.94. The molecule has 0 amide bonds. The first kappa shape index (κ1) is 9.40. The summed E-state index contributed by atoms with van der Waals surface area (Å²) in [6.45, 7) is 0. The van der Waals surface area contributed by atoms with Crippen LogP contribution in [0.15, 0.2) is 42.6 Å². The van der Waals surface area contributed by atoms with E-state index in [1.165, 1.54) is 0 Å². The highest BCUT2D eigenvalue weighted by molar-refractivity contribution is 5.88. The topological polar surface area (TPSA) is 56.0 Å². The van der Waals surface area contributed by atoms with Crippen molar-refractivity contribution >= 4 is 12.1 Å². The molecule has 1 heterocycles. The van der Waals surface area contributed by atoms with E-state index in [-0.39, 0.29) is 0 Å². The number of nitrogens with zero attached hydrogens (tertiary/aromatic N) is 1. The Hall–Kier alpha value is -2.16. The van der Waals surface area contributed by atoms with E-state index in [0.29, 0.717) is 11.4 Å². The Morgan fingerprint density at radius 3 is 2.60 bits per heavy atom. The van der Waals surface area contributed by atoms with Gasteiger partial charge in [0.2, 0.25) is 0 Å². The zero-order valence-electron chi connectivity index (χ0n) is 8.05. The Bertz CT molecular complexity index is 480. The van der Waals surface area contributed by atoms with Gasteiger partial charge in [0.1, 0.15) is 5.82 Å². The molecule has 1 aromatic carbocycles. The van der Waals surface area contributed by atoms with Gasteiger partial charge in [0.25, 0.3) is 0 Å². The van der Waals surface area contributed by atoms with Gasteiger partial charge in [-0.1, -0.05) is 30.3 Å². The van der Waals surface area contributed by atoms with Crippen molar-refractivity contribution in [2.24, 2.45) is 0 Å². The standard InChI is InChI=1S/C12H10N2O/c13-12-6-10(8-15)11(7-14-12)9-4-2-1-3-5-9/h1-8H,(H2,13,14). The zero-order chi connectivity index (χ0) is 10.7. The lowest BCUT2D eigenvalue weighted by molar-refractivity contribution is 0.112. The van der Waals surface area contributed by atoms with Gasteiger partial charge in [0, 0.05) is 17.3 Å². The molecule has 0 aliphatic heterocycles. The molecule has 0 atom stereocenters. The van der Waals surface area contributed by atoms with Gasteiger partial charge in [0.15, 0.2) is 6.29 Å². The number of hydrogen-bond acceptors (Lipinski definition) is 3. The van der Waals surface area contributed by atoms with Crippen molar-refractivity contribution in [1.29, 1.82) is 0 Å². The van der Waals surface area contributed by atoms with Crippen molar-refractivity contribution in [2.75, 3.05) is 5.73 Å². The van der Waals surface area contributed by atoms with Gasteiger partial charge >= 0.3 is 0 Å². The van der Waals surface area contributed by atoms with Gasteiger partial charge in [-0.2, -0.15) is 0 Å². The monoisotopic (exact) mass is 198 g/mol. The van der Waals surface area contributed by atoms with E-state index in [4.69, 9.17) is 5.73 Å². The summed E-state index contributed by atoms with van der Waals surface area (Å²) in [7, 11) is 0. The lowest BCUT2D eigenvalue weighted by Gasteiger charge is -2.04. The maximum Gasteiger partial charge on any atom is 0.150 e. The van der Waals surface area contributed by atoms with Gasteiger partial charge in [-0.25, -0.2) is 4.98 Å². The van der Waals surface area contributed by atoms with Crippen LogP contribution < -0.4 is 5.73 Å². The van der Waals surface area contributed by atoms with Crippen LogP contribution in [0.1, 0.15) is 10.4 Å². The fraction of sp³-hybridized carbons (Fsp3) is 0. The van der Waals surface area contributed by atoms with Crippen molar-refractivity contribution in [3.63, 3.8) is 0 Å². The Labute approximate surface area is 87.6 Å². The van der Waals surface area contributed by atoms with Crippen molar-refractivity contribution in [1.82, 2.24) is 4.98 Å². The minimum Gasteiger partial charge on any atom is -0.384 e. The fourth-order valence-corrected chi connectivity index (χ4v) is 1.44. The van der Waals surface area contributed by atoms with E-state index in [1.807, 2.05) is 30.3 Å². The number of nitrogens with two attached hydrogens (primary N) is 1. The van der Waals surface area contributed by atoms with Crippen molar-refractivity contribution in [3.8, 4) is 11.1 Å². The second-order valence-electron chi connectivity index (χ2n) is 3.18. The van der Waals surface area contributed by atoms with E-state index in [2.05, 4.69) is 4.98 Å². The summed E-state index contributed by atoms with van der Waals surface area (Å²) >= 11 is 0. The zero-order valence-corrected chi connectivity index (χ0v) is 8.05.